The molecule has 0 spiro atoms. The zero-order chi connectivity index (χ0) is 21.6. The molecule has 0 radical (unpaired) electrons. The Morgan fingerprint density at radius 3 is 2.48 bits per heavy atom. The van der Waals surface area contributed by atoms with Crippen LogP contribution in [0.1, 0.15) is 17.3 Å². The molecule has 7 heteroatoms. The van der Waals surface area contributed by atoms with E-state index in [0.29, 0.717) is 32.6 Å². The first-order chi connectivity index (χ1) is 15.2. The molecule has 2 heterocycles. The molecule has 1 saturated heterocycles. The van der Waals surface area contributed by atoms with Crippen LogP contribution in [0.5, 0.6) is 5.75 Å². The summed E-state index contributed by atoms with van der Waals surface area (Å²) in [5, 5.41) is 12.6. The van der Waals surface area contributed by atoms with Gasteiger partial charge in [-0.25, -0.2) is 4.98 Å². The maximum atomic E-state index is 12.8. The first-order valence-electron chi connectivity index (χ1n) is 10.2. The number of rotatable bonds is 6. The number of thiazole rings is 1. The fourth-order valence-corrected chi connectivity index (χ4v) is 4.58. The highest BCUT2D eigenvalue weighted by Gasteiger charge is 2.27. The second-order valence-corrected chi connectivity index (χ2v) is 8.27. The number of piperazine rings is 1. The van der Waals surface area contributed by atoms with Crippen LogP contribution >= 0.6 is 11.3 Å². The molecule has 1 aliphatic heterocycles. The average molecular weight is 433 g/mol. The maximum absolute atomic E-state index is 12.8. The predicted octanol–water partition coefficient (Wildman–Crippen LogP) is 3.77. The quantitative estimate of drug-likeness (QED) is 0.593. The summed E-state index contributed by atoms with van der Waals surface area (Å²) in [7, 11) is 1.63. The number of carbonyl (C=O) groups is 1. The second-order valence-electron chi connectivity index (χ2n) is 7.41. The van der Waals surface area contributed by atoms with Crippen LogP contribution in [-0.4, -0.2) is 54.0 Å². The lowest BCUT2D eigenvalue weighted by atomic mass is 10.1. The number of hydrogen-bond acceptors (Lipinski definition) is 6. The Hall–Kier alpha value is -3.21. The van der Waals surface area contributed by atoms with Crippen LogP contribution in [0.4, 0.5) is 0 Å². The molecule has 0 N–H and O–H groups in total. The number of benzene rings is 2. The molecule has 31 heavy (non-hydrogen) atoms. The number of methoxy groups -OCH3 is 1. The zero-order valence-electron chi connectivity index (χ0n) is 17.4. The standard InChI is InChI=1S/C24H24N4O2S/c1-30-21-9-7-18(8-10-21)22(16-25)27-11-13-28(14-12-27)23(29)15-20-17-31-24(26-20)19-5-3-2-4-6-19/h2-10,17,22H,11-15H2,1H3. The van der Waals surface area contributed by atoms with Gasteiger partial charge in [-0.05, 0) is 17.7 Å². The van der Waals surface area contributed by atoms with Gasteiger partial charge in [0.2, 0.25) is 5.91 Å². The minimum atomic E-state index is -0.324. The van der Waals surface area contributed by atoms with Crippen LogP contribution in [0.3, 0.4) is 0 Å². The van der Waals surface area contributed by atoms with Crippen molar-refractivity contribution in [3.8, 4) is 22.4 Å². The lowest BCUT2D eigenvalue weighted by Gasteiger charge is -2.37. The van der Waals surface area contributed by atoms with Crippen LogP contribution in [0.15, 0.2) is 60.0 Å². The van der Waals surface area contributed by atoms with Crippen molar-refractivity contribution in [2.24, 2.45) is 0 Å². The van der Waals surface area contributed by atoms with Crippen molar-refractivity contribution in [3.63, 3.8) is 0 Å². The van der Waals surface area contributed by atoms with E-state index in [1.54, 1.807) is 18.4 Å². The molecule has 0 bridgehead atoms. The third-order valence-corrected chi connectivity index (χ3v) is 6.43. The van der Waals surface area contributed by atoms with E-state index in [2.05, 4.69) is 16.0 Å². The number of nitriles is 1. The second kappa shape index (κ2) is 9.73. The fraction of sp³-hybridized carbons (Fsp3) is 0.292. The number of carbonyl (C=O) groups excluding carboxylic acids is 1. The molecule has 0 aliphatic carbocycles. The largest absolute Gasteiger partial charge is 0.497 e. The molecular formula is C24H24N4O2S. The minimum absolute atomic E-state index is 0.0857. The van der Waals surface area contributed by atoms with E-state index in [9.17, 15) is 10.1 Å². The highest BCUT2D eigenvalue weighted by Crippen LogP contribution is 2.25. The minimum Gasteiger partial charge on any atom is -0.497 e. The topological polar surface area (TPSA) is 69.5 Å². The number of amides is 1. The molecule has 3 aromatic rings. The summed E-state index contributed by atoms with van der Waals surface area (Å²) in [5.74, 6) is 0.857. The molecular weight excluding hydrogens is 408 g/mol. The molecule has 4 rings (SSSR count). The number of nitrogens with zero attached hydrogens (tertiary/aromatic N) is 4. The fourth-order valence-electron chi connectivity index (χ4n) is 3.75. The Morgan fingerprint density at radius 2 is 1.84 bits per heavy atom. The molecule has 1 aliphatic rings. The summed E-state index contributed by atoms with van der Waals surface area (Å²) in [6.45, 7) is 2.57. The molecule has 158 valence electrons. The Kier molecular flexibility index (Phi) is 6.60. The van der Waals surface area contributed by atoms with Crippen molar-refractivity contribution in [3.05, 3.63) is 71.2 Å². The molecule has 1 unspecified atom stereocenters. The summed E-state index contributed by atoms with van der Waals surface area (Å²) in [6, 6.07) is 19.7. The third-order valence-electron chi connectivity index (χ3n) is 5.49. The Bertz CT molecular complexity index is 1050. The van der Waals surface area contributed by atoms with Gasteiger partial charge in [-0.15, -0.1) is 11.3 Å². The smallest absolute Gasteiger partial charge is 0.228 e. The van der Waals surface area contributed by atoms with Crippen molar-refractivity contribution in [2.75, 3.05) is 33.3 Å². The predicted molar refractivity (Wildman–Crippen MR) is 121 cm³/mol. The molecule has 1 fully saturated rings. The molecule has 0 saturated carbocycles. The van der Waals surface area contributed by atoms with E-state index in [0.717, 1.165) is 27.6 Å². The van der Waals surface area contributed by atoms with Crippen molar-refractivity contribution < 1.29 is 9.53 Å². The van der Waals surface area contributed by atoms with Gasteiger partial charge in [0.1, 0.15) is 16.8 Å². The first kappa shape index (κ1) is 21.0. The Balaban J connectivity index is 1.33. The van der Waals surface area contributed by atoms with Gasteiger partial charge in [0, 0.05) is 37.1 Å². The van der Waals surface area contributed by atoms with E-state index in [1.807, 2.05) is 64.9 Å². The SMILES string of the molecule is COc1ccc(C(C#N)N2CCN(C(=O)Cc3csc(-c4ccccc4)n3)CC2)cc1. The lowest BCUT2D eigenvalue weighted by Crippen LogP contribution is -2.49. The van der Waals surface area contributed by atoms with Gasteiger partial charge in [-0.2, -0.15) is 5.26 Å². The first-order valence-corrected chi connectivity index (χ1v) is 11.1. The van der Waals surface area contributed by atoms with E-state index < -0.39 is 0 Å². The molecule has 1 aromatic heterocycles. The Labute approximate surface area is 186 Å². The zero-order valence-corrected chi connectivity index (χ0v) is 18.2. The highest BCUT2D eigenvalue weighted by atomic mass is 32.1. The van der Waals surface area contributed by atoms with Gasteiger partial charge in [-0.3, -0.25) is 9.69 Å². The van der Waals surface area contributed by atoms with Crippen LogP contribution in [0.2, 0.25) is 0 Å². The third kappa shape index (κ3) is 4.93. The van der Waals surface area contributed by atoms with E-state index in [1.165, 1.54) is 0 Å². The van der Waals surface area contributed by atoms with Crippen molar-refractivity contribution in [2.45, 2.75) is 12.5 Å². The summed E-state index contributed by atoms with van der Waals surface area (Å²) < 4.78 is 5.20. The average Bonchev–Trinajstić information content (AvgIpc) is 3.29. The lowest BCUT2D eigenvalue weighted by molar-refractivity contribution is -0.132. The van der Waals surface area contributed by atoms with Gasteiger partial charge >= 0.3 is 0 Å². The number of aromatic nitrogens is 1. The number of hydrogen-bond donors (Lipinski definition) is 0. The van der Waals surface area contributed by atoms with Crippen LogP contribution in [0, 0.1) is 11.3 Å². The van der Waals surface area contributed by atoms with E-state index in [-0.39, 0.29) is 11.9 Å². The van der Waals surface area contributed by atoms with Crippen molar-refractivity contribution in [1.82, 2.24) is 14.8 Å². The van der Waals surface area contributed by atoms with Gasteiger partial charge < -0.3 is 9.64 Å². The van der Waals surface area contributed by atoms with E-state index in [4.69, 9.17) is 4.74 Å². The molecule has 2 aromatic carbocycles. The highest BCUT2D eigenvalue weighted by molar-refractivity contribution is 7.13. The van der Waals surface area contributed by atoms with Gasteiger partial charge in [0.05, 0.1) is 25.3 Å². The summed E-state index contributed by atoms with van der Waals surface area (Å²) in [4.78, 5) is 21.4. The Morgan fingerprint density at radius 1 is 1.13 bits per heavy atom. The van der Waals surface area contributed by atoms with Crippen LogP contribution < -0.4 is 4.74 Å². The van der Waals surface area contributed by atoms with Crippen LogP contribution in [-0.2, 0) is 11.2 Å². The van der Waals surface area contributed by atoms with Crippen molar-refractivity contribution in [1.29, 1.82) is 5.26 Å². The summed E-state index contributed by atoms with van der Waals surface area (Å²) in [5.41, 5.74) is 2.82. The molecule has 6 nitrogen and oxygen atoms in total. The van der Waals surface area contributed by atoms with Crippen LogP contribution in [0.25, 0.3) is 10.6 Å². The van der Waals surface area contributed by atoms with Crippen molar-refractivity contribution >= 4 is 17.2 Å². The molecule has 1 atom stereocenters. The number of ether oxygens (including phenoxy) is 1. The summed E-state index contributed by atoms with van der Waals surface area (Å²) >= 11 is 1.56. The van der Waals surface area contributed by atoms with Gasteiger partial charge in [0.25, 0.3) is 0 Å². The molecule has 1 amide bonds. The van der Waals surface area contributed by atoms with Gasteiger partial charge in [-0.1, -0.05) is 42.5 Å². The monoisotopic (exact) mass is 432 g/mol. The van der Waals surface area contributed by atoms with E-state index >= 15 is 0 Å². The maximum Gasteiger partial charge on any atom is 0.228 e. The summed E-state index contributed by atoms with van der Waals surface area (Å²) in [6.07, 6.45) is 0.309. The normalized spacial score (nSPS) is 15.3. The van der Waals surface area contributed by atoms with Gasteiger partial charge in [0.15, 0.2) is 0 Å².